The van der Waals surface area contributed by atoms with E-state index in [0.717, 1.165) is 16.3 Å². The number of H-pyrrole nitrogens is 1. The molecule has 4 atom stereocenters. The van der Waals surface area contributed by atoms with Gasteiger partial charge in [-0.05, 0) is 74.4 Å². The lowest BCUT2D eigenvalue weighted by molar-refractivity contribution is -0.132. The number of hydrogen-bond acceptors (Lipinski definition) is 6. The highest BCUT2D eigenvalue weighted by Crippen LogP contribution is 2.45. The van der Waals surface area contributed by atoms with Gasteiger partial charge in [-0.3, -0.25) is 9.59 Å². The van der Waals surface area contributed by atoms with Crippen LogP contribution in [-0.2, 0) is 30.8 Å². The van der Waals surface area contributed by atoms with Crippen molar-refractivity contribution in [3.8, 4) is 0 Å². The number of rotatable bonds is 9. The third-order valence-corrected chi connectivity index (χ3v) is 10.6. The number of carbonyl (C=O) groups is 3. The number of likely N-dealkylation sites (tertiary alicyclic amines) is 1. The molecular weight excluding hydrogens is 616 g/mol. The first kappa shape index (κ1) is 32.3. The van der Waals surface area contributed by atoms with Crippen LogP contribution in [0.25, 0.3) is 21.7 Å². The molecule has 47 heavy (non-hydrogen) atoms. The summed E-state index contributed by atoms with van der Waals surface area (Å²) in [5.74, 6) is -2.56. The maximum absolute atomic E-state index is 14.1. The van der Waals surface area contributed by atoms with Crippen molar-refractivity contribution >= 4 is 49.6 Å². The van der Waals surface area contributed by atoms with E-state index in [9.17, 15) is 22.8 Å². The molecule has 3 amide bonds. The van der Waals surface area contributed by atoms with Gasteiger partial charge in [-0.2, -0.15) is 0 Å². The first-order valence-corrected chi connectivity index (χ1v) is 17.3. The summed E-state index contributed by atoms with van der Waals surface area (Å²) in [6.45, 7) is 9.61. The van der Waals surface area contributed by atoms with Crippen LogP contribution in [0.15, 0.2) is 90.5 Å². The SMILES string of the molecule is C=CC1CC1(NC(=O)[C@H]1CN(C(=O)OC(C)(C)C)C[C@@H]1CCc1cccc2ccccc12)C(=O)NS(=O)(=O)c1cccc2cc[nH]c12. The summed E-state index contributed by atoms with van der Waals surface area (Å²) >= 11 is 0. The average molecular weight is 657 g/mol. The molecule has 4 aromatic rings. The molecule has 0 radical (unpaired) electrons. The van der Waals surface area contributed by atoms with Crippen LogP contribution < -0.4 is 10.0 Å². The number of nitrogens with one attached hydrogen (secondary N) is 3. The minimum absolute atomic E-state index is 0.0667. The molecule has 3 N–H and O–H groups in total. The molecule has 1 aromatic heterocycles. The third kappa shape index (κ3) is 6.49. The van der Waals surface area contributed by atoms with E-state index in [1.807, 2.05) is 18.2 Å². The van der Waals surface area contributed by atoms with Gasteiger partial charge in [0.05, 0.1) is 11.4 Å². The highest BCUT2D eigenvalue weighted by molar-refractivity contribution is 7.90. The maximum Gasteiger partial charge on any atom is 0.410 e. The molecular formula is C36H40N4O6S. The second kappa shape index (κ2) is 12.2. The standard InChI is InChI=1S/C36H40N4O6S/c1-5-27-20-36(27,33(42)39-47(44,45)30-15-9-13-25-18-19-37-31(25)30)38-32(41)29-22-40(34(43)46-35(2,3)4)21-26(29)17-16-24-12-8-11-23-10-6-7-14-28(23)24/h5-15,18-19,26-27,29,37H,1,16-17,20-22H2,2-4H3,(H,38,41)(H,39,42)/t26-,27?,29-,36?/m0/s1. The van der Waals surface area contributed by atoms with Crippen LogP contribution in [-0.4, -0.2) is 60.4 Å². The topological polar surface area (TPSA) is 138 Å². The molecule has 11 heteroatoms. The quantitative estimate of drug-likeness (QED) is 0.209. The first-order chi connectivity index (χ1) is 22.3. The number of amides is 3. The van der Waals surface area contributed by atoms with E-state index in [4.69, 9.17) is 4.74 Å². The van der Waals surface area contributed by atoms with Crippen molar-refractivity contribution in [1.82, 2.24) is 19.9 Å². The van der Waals surface area contributed by atoms with Crippen molar-refractivity contribution in [2.45, 2.75) is 56.1 Å². The van der Waals surface area contributed by atoms with Crippen LogP contribution in [0.3, 0.4) is 0 Å². The molecule has 3 aromatic carbocycles. The van der Waals surface area contributed by atoms with Crippen LogP contribution in [0.4, 0.5) is 4.79 Å². The van der Waals surface area contributed by atoms with Gasteiger partial charge in [-0.25, -0.2) is 17.9 Å². The Labute approximate surface area is 274 Å². The normalized spacial score (nSPS) is 22.6. The Morgan fingerprint density at radius 1 is 1.02 bits per heavy atom. The van der Waals surface area contributed by atoms with E-state index in [1.54, 1.807) is 56.1 Å². The van der Waals surface area contributed by atoms with Gasteiger partial charge in [0.25, 0.3) is 15.9 Å². The van der Waals surface area contributed by atoms with Crippen LogP contribution >= 0.6 is 0 Å². The fourth-order valence-corrected chi connectivity index (χ4v) is 7.92. The summed E-state index contributed by atoms with van der Waals surface area (Å²) in [7, 11) is -4.28. The smallest absolute Gasteiger partial charge is 0.410 e. The fraction of sp³-hybridized carbons (Fsp3) is 0.361. The summed E-state index contributed by atoms with van der Waals surface area (Å²) < 4.78 is 34.7. The number of aryl methyl sites for hydroxylation is 1. The van der Waals surface area contributed by atoms with Crippen molar-refractivity contribution in [1.29, 1.82) is 0 Å². The molecule has 246 valence electrons. The average Bonchev–Trinajstić information content (AvgIpc) is 3.33. The number of benzene rings is 3. The number of sulfonamides is 1. The second-order valence-corrected chi connectivity index (χ2v) is 15.2. The van der Waals surface area contributed by atoms with Crippen LogP contribution in [0.1, 0.15) is 39.2 Å². The highest BCUT2D eigenvalue weighted by atomic mass is 32.2. The Morgan fingerprint density at radius 2 is 1.74 bits per heavy atom. The van der Waals surface area contributed by atoms with Gasteiger partial charge in [0, 0.05) is 30.6 Å². The number of aromatic amines is 1. The van der Waals surface area contributed by atoms with Gasteiger partial charge in [0.15, 0.2) is 0 Å². The molecule has 1 saturated carbocycles. The van der Waals surface area contributed by atoms with Crippen molar-refractivity contribution in [2.24, 2.45) is 17.8 Å². The number of aromatic nitrogens is 1. The molecule has 2 heterocycles. The van der Waals surface area contributed by atoms with Crippen molar-refractivity contribution in [2.75, 3.05) is 13.1 Å². The number of nitrogens with zero attached hydrogens (tertiary/aromatic N) is 1. The number of para-hydroxylation sites is 1. The minimum Gasteiger partial charge on any atom is -0.444 e. The lowest BCUT2D eigenvalue weighted by atomic mass is 9.88. The number of fused-ring (bicyclic) bond motifs is 2. The maximum atomic E-state index is 14.1. The molecule has 2 aliphatic rings. The van der Waals surface area contributed by atoms with Crippen molar-refractivity contribution in [3.63, 3.8) is 0 Å². The van der Waals surface area contributed by atoms with Gasteiger partial charge in [-0.1, -0.05) is 60.7 Å². The Morgan fingerprint density at radius 3 is 2.49 bits per heavy atom. The molecule has 10 nitrogen and oxygen atoms in total. The Bertz CT molecular complexity index is 1970. The van der Waals surface area contributed by atoms with E-state index in [2.05, 4.69) is 45.9 Å². The van der Waals surface area contributed by atoms with Crippen molar-refractivity contribution in [3.05, 3.63) is 91.1 Å². The molecule has 1 saturated heterocycles. The summed E-state index contributed by atoms with van der Waals surface area (Å²) in [5.41, 5.74) is -0.664. The lowest BCUT2D eigenvalue weighted by Gasteiger charge is -2.24. The van der Waals surface area contributed by atoms with Gasteiger partial charge in [0.1, 0.15) is 16.0 Å². The van der Waals surface area contributed by atoms with Gasteiger partial charge in [-0.15, -0.1) is 6.58 Å². The molecule has 0 bridgehead atoms. The minimum atomic E-state index is -4.28. The van der Waals surface area contributed by atoms with E-state index in [-0.39, 0.29) is 23.8 Å². The van der Waals surface area contributed by atoms with E-state index >= 15 is 0 Å². The third-order valence-electron chi connectivity index (χ3n) is 9.21. The molecule has 2 unspecified atom stereocenters. The number of carbonyl (C=O) groups excluding carboxylic acids is 3. The summed E-state index contributed by atoms with van der Waals surface area (Å²) in [6, 6.07) is 20.8. The first-order valence-electron chi connectivity index (χ1n) is 15.8. The van der Waals surface area contributed by atoms with Gasteiger partial charge < -0.3 is 19.9 Å². The van der Waals surface area contributed by atoms with Crippen LogP contribution in [0.5, 0.6) is 0 Å². The predicted molar refractivity (Wildman–Crippen MR) is 180 cm³/mol. The monoisotopic (exact) mass is 656 g/mol. The van der Waals surface area contributed by atoms with E-state index in [1.165, 1.54) is 6.07 Å². The summed E-state index contributed by atoms with van der Waals surface area (Å²) in [6.07, 6.45) is 4.18. The molecule has 0 spiro atoms. The van der Waals surface area contributed by atoms with E-state index < -0.39 is 50.9 Å². The largest absolute Gasteiger partial charge is 0.444 e. The fourth-order valence-electron chi connectivity index (χ4n) is 6.68. The zero-order valence-electron chi connectivity index (χ0n) is 26.8. The molecule has 1 aliphatic heterocycles. The lowest BCUT2D eigenvalue weighted by Crippen LogP contribution is -2.54. The predicted octanol–water partition coefficient (Wildman–Crippen LogP) is 5.30. The number of hydrogen-bond donors (Lipinski definition) is 3. The Hall–Kier alpha value is -4.64. The Balaban J connectivity index is 1.23. The Kier molecular flexibility index (Phi) is 8.38. The molecule has 6 rings (SSSR count). The molecule has 2 fully saturated rings. The van der Waals surface area contributed by atoms with Gasteiger partial charge >= 0.3 is 6.09 Å². The summed E-state index contributed by atoms with van der Waals surface area (Å²) in [5, 5.41) is 5.85. The zero-order chi connectivity index (χ0) is 33.6. The number of ether oxygens (including phenoxy) is 1. The van der Waals surface area contributed by atoms with E-state index in [0.29, 0.717) is 30.3 Å². The molecule has 1 aliphatic carbocycles. The van der Waals surface area contributed by atoms with Crippen LogP contribution in [0, 0.1) is 17.8 Å². The summed E-state index contributed by atoms with van der Waals surface area (Å²) in [4.78, 5) is 45.3. The highest BCUT2D eigenvalue weighted by Gasteiger charge is 2.61. The van der Waals surface area contributed by atoms with Crippen LogP contribution in [0.2, 0.25) is 0 Å². The van der Waals surface area contributed by atoms with Gasteiger partial charge in [0.2, 0.25) is 5.91 Å². The second-order valence-electron chi connectivity index (χ2n) is 13.6. The zero-order valence-corrected chi connectivity index (χ0v) is 27.6. The van der Waals surface area contributed by atoms with Crippen molar-refractivity contribution < 1.29 is 27.5 Å².